The molecule has 1 heterocycles. The van der Waals surface area contributed by atoms with Gasteiger partial charge in [-0.3, -0.25) is 9.59 Å². The number of anilines is 1. The summed E-state index contributed by atoms with van der Waals surface area (Å²) in [6, 6.07) is 23.9. The van der Waals surface area contributed by atoms with Crippen LogP contribution in [0.4, 0.5) is 5.69 Å². The van der Waals surface area contributed by atoms with Crippen LogP contribution in [0.15, 0.2) is 84.6 Å². The van der Waals surface area contributed by atoms with Crippen molar-refractivity contribution in [2.75, 3.05) is 19.1 Å². The predicted octanol–water partition coefficient (Wildman–Crippen LogP) is 4.77. The van der Waals surface area contributed by atoms with Crippen LogP contribution >= 0.6 is 11.6 Å². The van der Waals surface area contributed by atoms with Gasteiger partial charge in [0, 0.05) is 13.6 Å². The fraction of sp³-hybridized carbons (Fsp3) is 0.120. The summed E-state index contributed by atoms with van der Waals surface area (Å²) in [6.07, 6.45) is 0. The van der Waals surface area contributed by atoms with E-state index in [1.807, 2.05) is 72.6 Å². The number of benzene rings is 3. The molecule has 31 heavy (non-hydrogen) atoms. The summed E-state index contributed by atoms with van der Waals surface area (Å²) < 4.78 is 5.19. The smallest absolute Gasteiger partial charge is 0.282 e. The minimum absolute atomic E-state index is 0.327. The van der Waals surface area contributed by atoms with E-state index in [9.17, 15) is 9.59 Å². The zero-order chi connectivity index (χ0) is 22.0. The molecule has 4 rings (SSSR count). The van der Waals surface area contributed by atoms with Crippen molar-refractivity contribution in [3.05, 3.63) is 101 Å². The summed E-state index contributed by atoms with van der Waals surface area (Å²) in [5.41, 5.74) is 2.86. The monoisotopic (exact) mass is 432 g/mol. The number of methoxy groups -OCH3 is 1. The molecule has 0 fully saturated rings. The molecule has 1 aliphatic heterocycles. The fourth-order valence-corrected chi connectivity index (χ4v) is 3.95. The van der Waals surface area contributed by atoms with Gasteiger partial charge in [0.05, 0.1) is 23.4 Å². The zero-order valence-corrected chi connectivity index (χ0v) is 18.0. The van der Waals surface area contributed by atoms with Gasteiger partial charge in [0.2, 0.25) is 0 Å². The minimum Gasteiger partial charge on any atom is -0.495 e. The van der Waals surface area contributed by atoms with Crippen LogP contribution in [0.2, 0.25) is 5.02 Å². The first kappa shape index (κ1) is 20.7. The molecular weight excluding hydrogens is 412 g/mol. The largest absolute Gasteiger partial charge is 0.495 e. The summed E-state index contributed by atoms with van der Waals surface area (Å²) in [5.74, 6) is -0.293. The van der Waals surface area contributed by atoms with Gasteiger partial charge in [-0.2, -0.15) is 0 Å². The number of hydrogen-bond donors (Lipinski definition) is 0. The second-order valence-corrected chi connectivity index (χ2v) is 7.60. The third-order valence-electron chi connectivity index (χ3n) is 5.16. The summed E-state index contributed by atoms with van der Waals surface area (Å²) in [4.78, 5) is 30.0. The highest BCUT2D eigenvalue weighted by atomic mass is 35.5. The Bertz CT molecular complexity index is 1160. The standard InChI is InChI=1S/C25H21ClN2O3/c1-27(16-17-9-5-3-6-10-17)23-22(18-11-7-4-8-12-18)24(29)28(25(23)30)19-13-14-21(31-2)20(26)15-19/h3-15H,16H2,1-2H3. The number of carbonyl (C=O) groups is 2. The highest BCUT2D eigenvalue weighted by Crippen LogP contribution is 2.37. The van der Waals surface area contributed by atoms with E-state index in [1.54, 1.807) is 18.2 Å². The maximum atomic E-state index is 13.5. The van der Waals surface area contributed by atoms with Crippen molar-refractivity contribution in [1.29, 1.82) is 0 Å². The van der Waals surface area contributed by atoms with Crippen LogP contribution in [-0.2, 0) is 16.1 Å². The van der Waals surface area contributed by atoms with E-state index in [0.717, 1.165) is 5.56 Å². The summed E-state index contributed by atoms with van der Waals surface area (Å²) in [7, 11) is 3.33. The Morgan fingerprint density at radius 1 is 0.903 bits per heavy atom. The van der Waals surface area contributed by atoms with Gasteiger partial charge >= 0.3 is 0 Å². The minimum atomic E-state index is -0.386. The fourth-order valence-electron chi connectivity index (χ4n) is 3.70. The van der Waals surface area contributed by atoms with Gasteiger partial charge in [0.25, 0.3) is 11.8 Å². The molecule has 0 N–H and O–H groups in total. The Morgan fingerprint density at radius 2 is 1.55 bits per heavy atom. The van der Waals surface area contributed by atoms with E-state index in [4.69, 9.17) is 16.3 Å². The van der Waals surface area contributed by atoms with E-state index in [-0.39, 0.29) is 11.8 Å². The predicted molar refractivity (Wildman–Crippen MR) is 122 cm³/mol. The van der Waals surface area contributed by atoms with Gasteiger partial charge in [0.1, 0.15) is 11.4 Å². The number of hydrogen-bond acceptors (Lipinski definition) is 4. The molecule has 0 saturated carbocycles. The molecule has 0 unspecified atom stereocenters. The summed E-state index contributed by atoms with van der Waals surface area (Å²) in [6.45, 7) is 0.489. The van der Waals surface area contributed by atoms with Crippen molar-refractivity contribution in [2.45, 2.75) is 6.54 Å². The first-order valence-corrected chi connectivity index (χ1v) is 10.2. The number of rotatable bonds is 6. The Balaban J connectivity index is 1.78. The van der Waals surface area contributed by atoms with Crippen molar-refractivity contribution in [1.82, 2.24) is 4.90 Å². The van der Waals surface area contributed by atoms with E-state index in [2.05, 4.69) is 0 Å². The van der Waals surface area contributed by atoms with Crippen LogP contribution in [0.1, 0.15) is 11.1 Å². The van der Waals surface area contributed by atoms with Crippen molar-refractivity contribution in [3.63, 3.8) is 0 Å². The van der Waals surface area contributed by atoms with Crippen LogP contribution in [0.25, 0.3) is 5.57 Å². The number of ether oxygens (including phenoxy) is 1. The van der Waals surface area contributed by atoms with Gasteiger partial charge in [0.15, 0.2) is 0 Å². The van der Waals surface area contributed by atoms with E-state index < -0.39 is 0 Å². The molecule has 3 aromatic rings. The molecule has 0 bridgehead atoms. The summed E-state index contributed by atoms with van der Waals surface area (Å²) >= 11 is 6.26. The number of amides is 2. The maximum absolute atomic E-state index is 13.5. The normalized spacial score (nSPS) is 13.7. The summed E-state index contributed by atoms with van der Waals surface area (Å²) in [5, 5.41) is 0.327. The van der Waals surface area contributed by atoms with Gasteiger partial charge < -0.3 is 9.64 Å². The highest BCUT2D eigenvalue weighted by molar-refractivity contribution is 6.45. The first-order chi connectivity index (χ1) is 15.0. The van der Waals surface area contributed by atoms with Crippen molar-refractivity contribution < 1.29 is 14.3 Å². The number of imide groups is 1. The Kier molecular flexibility index (Phi) is 5.78. The van der Waals surface area contributed by atoms with Crippen molar-refractivity contribution in [3.8, 4) is 5.75 Å². The lowest BCUT2D eigenvalue weighted by Gasteiger charge is -2.22. The van der Waals surface area contributed by atoms with Crippen LogP contribution < -0.4 is 9.64 Å². The lowest BCUT2D eigenvalue weighted by Crippen LogP contribution is -2.34. The molecule has 156 valence electrons. The number of carbonyl (C=O) groups excluding carboxylic acids is 2. The molecule has 0 saturated heterocycles. The molecule has 6 heteroatoms. The van der Waals surface area contributed by atoms with Gasteiger partial charge in [-0.05, 0) is 29.3 Å². The molecule has 1 aliphatic rings. The molecule has 5 nitrogen and oxygen atoms in total. The number of nitrogens with zero attached hydrogens (tertiary/aromatic N) is 2. The molecule has 3 aromatic carbocycles. The SMILES string of the molecule is COc1ccc(N2C(=O)C(c3ccccc3)=C(N(C)Cc3ccccc3)C2=O)cc1Cl. The lowest BCUT2D eigenvalue weighted by atomic mass is 10.0. The second-order valence-electron chi connectivity index (χ2n) is 7.20. The number of halogens is 1. The lowest BCUT2D eigenvalue weighted by molar-refractivity contribution is -0.120. The first-order valence-electron chi connectivity index (χ1n) is 9.78. The van der Waals surface area contributed by atoms with Gasteiger partial charge in [-0.25, -0.2) is 4.90 Å². The van der Waals surface area contributed by atoms with Crippen LogP contribution in [0, 0.1) is 0 Å². The average molecular weight is 433 g/mol. The van der Waals surface area contributed by atoms with E-state index in [1.165, 1.54) is 12.0 Å². The maximum Gasteiger partial charge on any atom is 0.282 e. The van der Waals surface area contributed by atoms with Crippen LogP contribution in [-0.4, -0.2) is 30.9 Å². The Hall–Kier alpha value is -3.57. The van der Waals surface area contributed by atoms with Crippen LogP contribution in [0.3, 0.4) is 0 Å². The van der Waals surface area contributed by atoms with E-state index >= 15 is 0 Å². The van der Waals surface area contributed by atoms with Crippen LogP contribution in [0.5, 0.6) is 5.75 Å². The van der Waals surface area contributed by atoms with Crippen molar-refractivity contribution in [2.24, 2.45) is 0 Å². The van der Waals surface area contributed by atoms with Gasteiger partial charge in [-0.15, -0.1) is 0 Å². The second kappa shape index (κ2) is 8.66. The molecule has 0 radical (unpaired) electrons. The third kappa shape index (κ3) is 3.92. The van der Waals surface area contributed by atoms with E-state index in [0.29, 0.717) is 39.8 Å². The zero-order valence-electron chi connectivity index (χ0n) is 17.2. The average Bonchev–Trinajstić information content (AvgIpc) is 3.05. The highest BCUT2D eigenvalue weighted by Gasteiger charge is 2.41. The van der Waals surface area contributed by atoms with Crippen molar-refractivity contribution >= 4 is 34.7 Å². The molecule has 0 aromatic heterocycles. The molecule has 2 amide bonds. The Labute approximate surface area is 186 Å². The molecule has 0 atom stereocenters. The number of likely N-dealkylation sites (N-methyl/N-ethyl adjacent to an activating group) is 1. The quantitative estimate of drug-likeness (QED) is 0.527. The topological polar surface area (TPSA) is 49.9 Å². The molecule has 0 aliphatic carbocycles. The molecular formula is C25H21ClN2O3. The Morgan fingerprint density at radius 3 is 2.16 bits per heavy atom. The molecule has 0 spiro atoms. The van der Waals surface area contributed by atoms with Gasteiger partial charge in [-0.1, -0.05) is 72.3 Å². The third-order valence-corrected chi connectivity index (χ3v) is 5.46.